The number of rotatable bonds is 2. The monoisotopic (exact) mass is 276 g/mol. The van der Waals surface area contributed by atoms with E-state index in [1.165, 1.54) is 0 Å². The van der Waals surface area contributed by atoms with Crippen LogP contribution in [0.25, 0.3) is 0 Å². The first kappa shape index (κ1) is 14.9. The van der Waals surface area contributed by atoms with Gasteiger partial charge in [-0.15, -0.1) is 0 Å². The second kappa shape index (κ2) is 5.44. The Morgan fingerprint density at radius 3 is 2.20 bits per heavy atom. The van der Waals surface area contributed by atoms with E-state index in [0.29, 0.717) is 18.8 Å². The molecule has 0 aliphatic carbocycles. The summed E-state index contributed by atoms with van der Waals surface area (Å²) in [5.41, 5.74) is 6.87. The molecule has 0 radical (unpaired) electrons. The molecule has 1 aliphatic heterocycles. The van der Waals surface area contributed by atoms with Crippen molar-refractivity contribution in [2.75, 3.05) is 18.8 Å². The van der Waals surface area contributed by atoms with Gasteiger partial charge in [-0.05, 0) is 45.4 Å². The molecule has 1 aromatic carbocycles. The molecule has 1 saturated heterocycles. The van der Waals surface area contributed by atoms with Crippen LogP contribution in [0.3, 0.4) is 0 Å². The average Bonchev–Trinajstić information content (AvgIpc) is 2.37. The second-order valence-corrected chi connectivity index (χ2v) is 6.21. The maximum absolute atomic E-state index is 12.8. The van der Waals surface area contributed by atoms with Crippen molar-refractivity contribution in [3.8, 4) is 0 Å². The molecule has 4 heteroatoms. The van der Waals surface area contributed by atoms with Crippen molar-refractivity contribution in [1.29, 1.82) is 0 Å². The highest BCUT2D eigenvalue weighted by molar-refractivity contribution is 5.87. The van der Waals surface area contributed by atoms with Crippen LogP contribution in [0.4, 0.5) is 5.69 Å². The van der Waals surface area contributed by atoms with Gasteiger partial charge in [-0.2, -0.15) is 0 Å². The van der Waals surface area contributed by atoms with Gasteiger partial charge in [0, 0.05) is 18.8 Å². The van der Waals surface area contributed by atoms with E-state index in [-0.39, 0.29) is 18.1 Å². The lowest BCUT2D eigenvalue weighted by molar-refractivity contribution is -0.148. The zero-order chi connectivity index (χ0) is 14.9. The molecule has 2 N–H and O–H groups in total. The Bertz CT molecular complexity index is 472. The number of anilines is 1. The Balaban J connectivity index is 2.20. The molecule has 4 nitrogen and oxygen atoms in total. The van der Waals surface area contributed by atoms with Crippen molar-refractivity contribution >= 4 is 11.6 Å². The van der Waals surface area contributed by atoms with Gasteiger partial charge in [0.1, 0.15) is 0 Å². The molecule has 0 aromatic heterocycles. The van der Waals surface area contributed by atoms with E-state index in [4.69, 9.17) is 10.5 Å². The molecule has 2 atom stereocenters. The Morgan fingerprint density at radius 2 is 1.70 bits per heavy atom. The molecular weight excluding hydrogens is 252 g/mol. The molecule has 2 rings (SSSR count). The summed E-state index contributed by atoms with van der Waals surface area (Å²) >= 11 is 0. The van der Waals surface area contributed by atoms with Crippen LogP contribution in [-0.4, -0.2) is 36.1 Å². The third kappa shape index (κ3) is 2.96. The summed E-state index contributed by atoms with van der Waals surface area (Å²) in [7, 11) is 0. The van der Waals surface area contributed by atoms with Crippen LogP contribution in [0, 0.1) is 0 Å². The summed E-state index contributed by atoms with van der Waals surface area (Å²) < 4.78 is 5.69. The predicted octanol–water partition coefficient (Wildman–Crippen LogP) is 2.18. The minimum absolute atomic E-state index is 0.0879. The van der Waals surface area contributed by atoms with Crippen LogP contribution in [0.15, 0.2) is 24.3 Å². The minimum Gasteiger partial charge on any atom is -0.399 e. The summed E-state index contributed by atoms with van der Waals surface area (Å²) in [4.78, 5) is 14.7. The maximum Gasteiger partial charge on any atom is 0.232 e. The third-order valence-corrected chi connectivity index (χ3v) is 3.87. The number of nitrogens with two attached hydrogens (primary N) is 1. The largest absolute Gasteiger partial charge is 0.399 e. The average molecular weight is 276 g/mol. The van der Waals surface area contributed by atoms with E-state index >= 15 is 0 Å². The normalized spacial score (nSPS) is 23.7. The van der Waals surface area contributed by atoms with Crippen molar-refractivity contribution in [2.45, 2.75) is 45.3 Å². The summed E-state index contributed by atoms with van der Waals surface area (Å²) in [6.45, 7) is 9.25. The van der Waals surface area contributed by atoms with Crippen molar-refractivity contribution in [3.63, 3.8) is 0 Å². The molecule has 1 aliphatic rings. The van der Waals surface area contributed by atoms with E-state index in [1.807, 2.05) is 56.9 Å². The van der Waals surface area contributed by atoms with Crippen LogP contribution < -0.4 is 5.73 Å². The SMILES string of the molecule is C[C@@H]1CN(C(=O)C(C)(C)c2ccc(N)cc2)C[C@H](C)O1. The highest BCUT2D eigenvalue weighted by Gasteiger charge is 2.36. The summed E-state index contributed by atoms with van der Waals surface area (Å²) in [6.07, 6.45) is 0.176. The minimum atomic E-state index is -0.551. The van der Waals surface area contributed by atoms with Crippen LogP contribution in [0.2, 0.25) is 0 Å². The molecule has 0 spiro atoms. The van der Waals surface area contributed by atoms with Crippen LogP contribution >= 0.6 is 0 Å². The number of hydrogen-bond donors (Lipinski definition) is 1. The molecule has 0 unspecified atom stereocenters. The lowest BCUT2D eigenvalue weighted by Gasteiger charge is -2.39. The van der Waals surface area contributed by atoms with E-state index in [1.54, 1.807) is 0 Å². The van der Waals surface area contributed by atoms with Crippen LogP contribution in [-0.2, 0) is 14.9 Å². The van der Waals surface area contributed by atoms with Gasteiger partial charge >= 0.3 is 0 Å². The van der Waals surface area contributed by atoms with Gasteiger partial charge in [-0.1, -0.05) is 12.1 Å². The fraction of sp³-hybridized carbons (Fsp3) is 0.562. The number of nitrogens with zero attached hydrogens (tertiary/aromatic N) is 1. The standard InChI is InChI=1S/C16H24N2O2/c1-11-9-18(10-12(2)20-11)15(19)16(3,4)13-5-7-14(17)8-6-13/h5-8,11-12H,9-10,17H2,1-4H3/t11-,12+. The van der Waals surface area contributed by atoms with Gasteiger partial charge in [-0.3, -0.25) is 4.79 Å². The summed E-state index contributed by atoms with van der Waals surface area (Å²) in [6, 6.07) is 7.55. The maximum atomic E-state index is 12.8. The molecule has 1 heterocycles. The Labute approximate surface area is 120 Å². The topological polar surface area (TPSA) is 55.6 Å². The van der Waals surface area contributed by atoms with E-state index in [0.717, 1.165) is 5.56 Å². The van der Waals surface area contributed by atoms with Gasteiger partial charge in [0.25, 0.3) is 0 Å². The lowest BCUT2D eigenvalue weighted by Crippen LogP contribution is -2.53. The van der Waals surface area contributed by atoms with E-state index in [2.05, 4.69) is 0 Å². The second-order valence-electron chi connectivity index (χ2n) is 6.21. The number of carbonyl (C=O) groups excluding carboxylic acids is 1. The van der Waals surface area contributed by atoms with Gasteiger partial charge in [0.15, 0.2) is 0 Å². The summed E-state index contributed by atoms with van der Waals surface area (Å²) in [5, 5.41) is 0. The van der Waals surface area contributed by atoms with Crippen LogP contribution in [0.1, 0.15) is 33.3 Å². The zero-order valence-corrected chi connectivity index (χ0v) is 12.7. The summed E-state index contributed by atoms with van der Waals surface area (Å²) in [5.74, 6) is 0.143. The van der Waals surface area contributed by atoms with Gasteiger partial charge in [-0.25, -0.2) is 0 Å². The Hall–Kier alpha value is -1.55. The Kier molecular flexibility index (Phi) is 4.04. The molecule has 20 heavy (non-hydrogen) atoms. The number of carbonyl (C=O) groups is 1. The fourth-order valence-electron chi connectivity index (χ4n) is 2.76. The zero-order valence-electron chi connectivity index (χ0n) is 12.7. The molecule has 110 valence electrons. The molecule has 1 amide bonds. The quantitative estimate of drug-likeness (QED) is 0.842. The van der Waals surface area contributed by atoms with Crippen molar-refractivity contribution in [3.05, 3.63) is 29.8 Å². The highest BCUT2D eigenvalue weighted by atomic mass is 16.5. The van der Waals surface area contributed by atoms with Crippen LogP contribution in [0.5, 0.6) is 0 Å². The third-order valence-electron chi connectivity index (χ3n) is 3.87. The number of morpholine rings is 1. The molecule has 0 bridgehead atoms. The van der Waals surface area contributed by atoms with E-state index < -0.39 is 5.41 Å². The van der Waals surface area contributed by atoms with E-state index in [9.17, 15) is 4.79 Å². The van der Waals surface area contributed by atoms with Crippen molar-refractivity contribution in [1.82, 2.24) is 4.90 Å². The first-order valence-electron chi connectivity index (χ1n) is 7.11. The molecule has 1 fully saturated rings. The highest BCUT2D eigenvalue weighted by Crippen LogP contribution is 2.28. The van der Waals surface area contributed by atoms with Gasteiger partial charge in [0.05, 0.1) is 17.6 Å². The number of benzene rings is 1. The number of amides is 1. The number of ether oxygens (including phenoxy) is 1. The molecular formula is C16H24N2O2. The van der Waals surface area contributed by atoms with Crippen molar-refractivity contribution in [2.24, 2.45) is 0 Å². The molecule has 0 saturated carbocycles. The predicted molar refractivity (Wildman–Crippen MR) is 80.5 cm³/mol. The lowest BCUT2D eigenvalue weighted by atomic mass is 9.83. The van der Waals surface area contributed by atoms with Gasteiger partial charge < -0.3 is 15.4 Å². The number of nitrogen functional groups attached to an aromatic ring is 1. The number of hydrogen-bond acceptors (Lipinski definition) is 3. The smallest absolute Gasteiger partial charge is 0.232 e. The van der Waals surface area contributed by atoms with Crippen molar-refractivity contribution < 1.29 is 9.53 Å². The Morgan fingerprint density at radius 1 is 1.20 bits per heavy atom. The fourth-order valence-corrected chi connectivity index (χ4v) is 2.76. The first-order valence-corrected chi connectivity index (χ1v) is 7.11. The molecule has 1 aromatic rings. The van der Waals surface area contributed by atoms with Gasteiger partial charge in [0.2, 0.25) is 5.91 Å². The first-order chi connectivity index (χ1) is 9.30.